The lowest BCUT2D eigenvalue weighted by atomic mass is 9.48. The molecule has 0 spiro atoms. The zero-order valence-electron chi connectivity index (χ0n) is 37.7. The standard InChI is InChI=1S/C38H45B17N2/c39-20-14(21(40)30(49)35(54)29(20)48)10-7-5-9(6-8-10)13-15-17(24(43)28(47)22(15)41)37(18-16(13)23(42)31(50)32(51)25(18)44)57-12-4-2-1-3-11(12)56-38(57)19-26(45)33(52)36(55)34(53)27(19)46/h1-8,13,15-16H,39-55H2. The molecule has 0 saturated carbocycles. The van der Waals surface area contributed by atoms with Gasteiger partial charge in [0.2, 0.25) is 0 Å². The van der Waals surface area contributed by atoms with Gasteiger partial charge in [-0.2, -0.15) is 0 Å². The van der Waals surface area contributed by atoms with Crippen LogP contribution in [0, 0.1) is 11.8 Å². The fourth-order valence-electron chi connectivity index (χ4n) is 11.2. The predicted octanol–water partition coefficient (Wildman–Crippen LogP) is -15.5. The third-order valence-corrected chi connectivity index (χ3v) is 16.1. The molecule has 0 saturated heterocycles. The SMILES string of the molecule is BC1=C(B)C2=C(n3c(-c4c(B)c(B)c(B)c(B)c4B)nc4ccccc43)C3=C(B)C(B)=C(B)C3C(c3ccc(-c4c(B)c(B)c(B)c(B)c4B)cc3)C2C(B)=C1B. The maximum Gasteiger partial charge on any atom is 0.144 e. The molecule has 5 aromatic rings. The van der Waals surface area contributed by atoms with Gasteiger partial charge in [-0.1, -0.05) is 69.2 Å². The summed E-state index contributed by atoms with van der Waals surface area (Å²) in [6, 6.07) is 18.6. The molecule has 1 heterocycles. The summed E-state index contributed by atoms with van der Waals surface area (Å²) in [5.41, 5.74) is 35.8. The third kappa shape index (κ3) is 5.59. The van der Waals surface area contributed by atoms with Crippen molar-refractivity contribution in [1.82, 2.24) is 9.55 Å². The molecule has 2 nitrogen and oxygen atoms in total. The van der Waals surface area contributed by atoms with Gasteiger partial charge in [0.25, 0.3) is 0 Å². The number of hydrogen-bond acceptors (Lipinski definition) is 1. The van der Waals surface area contributed by atoms with Crippen LogP contribution in [0.2, 0.25) is 0 Å². The van der Waals surface area contributed by atoms with Gasteiger partial charge >= 0.3 is 0 Å². The van der Waals surface area contributed by atoms with Crippen LogP contribution < -0.4 is 54.6 Å². The Morgan fingerprint density at radius 1 is 0.421 bits per heavy atom. The molecule has 0 fully saturated rings. The van der Waals surface area contributed by atoms with Crippen molar-refractivity contribution in [2.75, 3.05) is 0 Å². The molecule has 3 unspecified atom stereocenters. The van der Waals surface area contributed by atoms with Gasteiger partial charge in [0, 0.05) is 23.3 Å². The second-order valence-corrected chi connectivity index (χ2v) is 18.0. The Morgan fingerprint density at radius 3 is 1.42 bits per heavy atom. The van der Waals surface area contributed by atoms with Gasteiger partial charge in [0.1, 0.15) is 139 Å². The van der Waals surface area contributed by atoms with E-state index < -0.39 is 0 Å². The van der Waals surface area contributed by atoms with Crippen LogP contribution in [0.25, 0.3) is 39.2 Å². The van der Waals surface area contributed by atoms with E-state index in [4.69, 9.17) is 4.98 Å². The maximum atomic E-state index is 5.60. The molecule has 57 heavy (non-hydrogen) atoms. The van der Waals surface area contributed by atoms with Crippen LogP contribution in [0.1, 0.15) is 11.5 Å². The topological polar surface area (TPSA) is 17.8 Å². The molecule has 3 aliphatic carbocycles. The second-order valence-electron chi connectivity index (χ2n) is 18.0. The Morgan fingerprint density at radius 2 is 0.877 bits per heavy atom. The van der Waals surface area contributed by atoms with Crippen LogP contribution in [-0.2, 0) is 0 Å². The second kappa shape index (κ2) is 14.2. The molecule has 8 rings (SSSR count). The van der Waals surface area contributed by atoms with E-state index in [-0.39, 0.29) is 17.8 Å². The third-order valence-electron chi connectivity index (χ3n) is 16.1. The molecule has 1 aromatic heterocycles. The average molecular weight is 714 g/mol. The number of para-hydroxylation sites is 2. The average Bonchev–Trinajstić information content (AvgIpc) is 3.68. The quantitative estimate of drug-likeness (QED) is 0.170. The van der Waals surface area contributed by atoms with E-state index in [1.54, 1.807) is 0 Å². The minimum Gasteiger partial charge on any atom is -0.292 e. The summed E-state index contributed by atoms with van der Waals surface area (Å²) in [4.78, 5) is 5.60. The van der Waals surface area contributed by atoms with Gasteiger partial charge < -0.3 is 0 Å². The van der Waals surface area contributed by atoms with E-state index in [9.17, 15) is 0 Å². The Bertz CT molecular complexity index is 2770. The molecular formula is C38H45B17N2. The molecule has 0 radical (unpaired) electrons. The summed E-state index contributed by atoms with van der Waals surface area (Å²) < 4.78 is 2.61. The highest BCUT2D eigenvalue weighted by Crippen LogP contribution is 2.60. The Labute approximate surface area is 356 Å². The fraction of sp³-hybridized carbons (Fsp3) is 0.0789. The van der Waals surface area contributed by atoms with E-state index in [2.05, 4.69) is 186 Å². The molecular weight excluding hydrogens is 668 g/mol. The van der Waals surface area contributed by atoms with E-state index in [0.29, 0.717) is 0 Å². The number of allylic oxidation sites excluding steroid dienone is 10. The van der Waals surface area contributed by atoms with Crippen LogP contribution in [0.15, 0.2) is 98.0 Å². The summed E-state index contributed by atoms with van der Waals surface area (Å²) in [6.07, 6.45) is 0. The summed E-state index contributed by atoms with van der Waals surface area (Å²) in [5, 5.41) is 0. The van der Waals surface area contributed by atoms with Gasteiger partial charge in [0.15, 0.2) is 0 Å². The first-order valence-corrected chi connectivity index (χ1v) is 21.1. The number of aromatic nitrogens is 2. The summed E-state index contributed by atoms with van der Waals surface area (Å²) >= 11 is 0. The molecule has 0 amide bonds. The molecule has 0 aliphatic heterocycles. The van der Waals surface area contributed by atoms with E-state index >= 15 is 0 Å². The lowest BCUT2D eigenvalue weighted by Gasteiger charge is -2.47. The molecule has 4 aromatic carbocycles. The minimum atomic E-state index is 0.210. The van der Waals surface area contributed by atoms with Crippen LogP contribution in [0.3, 0.4) is 0 Å². The van der Waals surface area contributed by atoms with Gasteiger partial charge in [-0.05, 0) is 40.0 Å². The predicted molar refractivity (Wildman–Crippen MR) is 300 cm³/mol. The van der Waals surface area contributed by atoms with Gasteiger partial charge in [0.05, 0.1) is 16.7 Å². The number of hydrogen-bond donors (Lipinski definition) is 0. The van der Waals surface area contributed by atoms with Crippen molar-refractivity contribution in [3.8, 4) is 22.5 Å². The van der Waals surface area contributed by atoms with Crippen molar-refractivity contribution in [3.05, 3.63) is 104 Å². The highest BCUT2D eigenvalue weighted by molar-refractivity contribution is 6.70. The van der Waals surface area contributed by atoms with Crippen LogP contribution in [-0.4, -0.2) is 143 Å². The minimum absolute atomic E-state index is 0.210. The first kappa shape index (κ1) is 40.0. The Hall–Kier alpha value is -3.85. The largest absolute Gasteiger partial charge is 0.292 e. The van der Waals surface area contributed by atoms with Crippen molar-refractivity contribution in [2.24, 2.45) is 11.8 Å². The summed E-state index contributed by atoms with van der Waals surface area (Å²) in [7, 11) is 39.6. The maximum absolute atomic E-state index is 5.60. The van der Waals surface area contributed by atoms with Crippen molar-refractivity contribution in [1.29, 1.82) is 0 Å². The number of fused-ring (bicyclic) bond motifs is 3. The van der Waals surface area contributed by atoms with Crippen molar-refractivity contribution in [2.45, 2.75) is 5.92 Å². The van der Waals surface area contributed by atoms with Crippen molar-refractivity contribution >= 4 is 205 Å². The van der Waals surface area contributed by atoms with Gasteiger partial charge in [-0.15, -0.1) is 60.1 Å². The van der Waals surface area contributed by atoms with Crippen molar-refractivity contribution in [3.63, 3.8) is 0 Å². The molecule has 19 heteroatoms. The summed E-state index contributed by atoms with van der Waals surface area (Å²) in [6.45, 7) is 0. The molecule has 0 bridgehead atoms. The fourth-order valence-corrected chi connectivity index (χ4v) is 11.2. The number of rotatable bonds is 4. The van der Waals surface area contributed by atoms with E-state index in [1.165, 1.54) is 138 Å². The van der Waals surface area contributed by atoms with Crippen LogP contribution >= 0.6 is 0 Å². The highest BCUT2D eigenvalue weighted by atomic mass is 15.1. The highest BCUT2D eigenvalue weighted by Gasteiger charge is 2.49. The number of nitrogens with zero attached hydrogens (tertiary/aromatic N) is 2. The molecule has 0 N–H and O–H groups in total. The Kier molecular flexibility index (Phi) is 9.93. The van der Waals surface area contributed by atoms with E-state index in [1.807, 2.05) is 0 Å². The first-order chi connectivity index (χ1) is 26.9. The Balaban J connectivity index is 1.47. The smallest absolute Gasteiger partial charge is 0.144 e. The van der Waals surface area contributed by atoms with E-state index in [0.717, 1.165) is 11.3 Å². The van der Waals surface area contributed by atoms with Crippen molar-refractivity contribution < 1.29 is 0 Å². The monoisotopic (exact) mass is 717 g/mol. The number of benzene rings is 4. The zero-order chi connectivity index (χ0) is 41.3. The lowest BCUT2D eigenvalue weighted by Crippen LogP contribution is -2.55. The zero-order valence-corrected chi connectivity index (χ0v) is 37.7. The van der Waals surface area contributed by atoms with Gasteiger partial charge in [-0.25, -0.2) is 4.98 Å². The van der Waals surface area contributed by atoms with Crippen LogP contribution in [0.5, 0.6) is 0 Å². The lowest BCUT2D eigenvalue weighted by molar-refractivity contribution is 0.466. The normalized spacial score (nSPS) is 19.5. The van der Waals surface area contributed by atoms with Gasteiger partial charge in [-0.3, -0.25) is 4.57 Å². The molecule has 3 atom stereocenters. The molecule has 258 valence electrons. The summed E-state index contributed by atoms with van der Waals surface area (Å²) in [5.74, 6) is 1.76. The number of imidazole rings is 1. The first-order valence-electron chi connectivity index (χ1n) is 21.1. The molecule has 3 aliphatic rings. The van der Waals surface area contributed by atoms with Crippen LogP contribution in [0.4, 0.5) is 0 Å².